The molecule has 0 fully saturated rings. The van der Waals surface area contributed by atoms with Crippen molar-refractivity contribution in [1.29, 1.82) is 0 Å². The van der Waals surface area contributed by atoms with E-state index in [9.17, 15) is 14.1 Å². The molecule has 5 heteroatoms. The van der Waals surface area contributed by atoms with Crippen LogP contribution in [0.25, 0.3) is 0 Å². The Kier molecular flexibility index (Phi) is 5.15. The molecule has 0 saturated carbocycles. The van der Waals surface area contributed by atoms with Gasteiger partial charge in [-0.3, -0.25) is 9.00 Å². The molecular weight excluding hydrogens is 238 g/mol. The third-order valence-electron chi connectivity index (χ3n) is 2.32. The van der Waals surface area contributed by atoms with Crippen molar-refractivity contribution in [2.45, 2.75) is 19.4 Å². The molecule has 0 radical (unpaired) electrons. The van der Waals surface area contributed by atoms with E-state index >= 15 is 0 Å². The summed E-state index contributed by atoms with van der Waals surface area (Å²) in [4.78, 5) is 11.8. The summed E-state index contributed by atoms with van der Waals surface area (Å²) in [6.45, 7) is 1.87. The van der Waals surface area contributed by atoms with E-state index in [1.807, 2.05) is 6.92 Å². The highest BCUT2D eigenvalue weighted by atomic mass is 32.2. The third-order valence-corrected chi connectivity index (χ3v) is 3.13. The number of hydrogen-bond donors (Lipinski definition) is 2. The van der Waals surface area contributed by atoms with Crippen LogP contribution in [0.3, 0.4) is 0 Å². The Morgan fingerprint density at radius 1 is 1.53 bits per heavy atom. The highest BCUT2D eigenvalue weighted by Crippen LogP contribution is 2.10. The van der Waals surface area contributed by atoms with Crippen LogP contribution >= 0.6 is 0 Å². The quantitative estimate of drug-likeness (QED) is 0.833. The molecule has 2 N–H and O–H groups in total. The molecule has 1 aromatic rings. The van der Waals surface area contributed by atoms with Crippen LogP contribution in [0.5, 0.6) is 5.75 Å². The molecule has 0 heterocycles. The van der Waals surface area contributed by atoms with E-state index < -0.39 is 10.8 Å². The Morgan fingerprint density at radius 3 is 2.82 bits per heavy atom. The van der Waals surface area contributed by atoms with Crippen molar-refractivity contribution >= 4 is 16.7 Å². The minimum atomic E-state index is -0.840. The van der Waals surface area contributed by atoms with Gasteiger partial charge in [0.05, 0.1) is 0 Å². The fourth-order valence-electron chi connectivity index (χ4n) is 1.37. The van der Waals surface area contributed by atoms with Crippen LogP contribution in [0.15, 0.2) is 24.3 Å². The van der Waals surface area contributed by atoms with Crippen molar-refractivity contribution < 1.29 is 14.1 Å². The lowest BCUT2D eigenvalue weighted by Gasteiger charge is -2.13. The minimum absolute atomic E-state index is 0.0336. The van der Waals surface area contributed by atoms with E-state index in [2.05, 4.69) is 5.32 Å². The average Bonchev–Trinajstić information content (AvgIpc) is 2.26. The third kappa shape index (κ3) is 4.99. The van der Waals surface area contributed by atoms with Crippen molar-refractivity contribution in [2.75, 3.05) is 12.0 Å². The lowest BCUT2D eigenvalue weighted by atomic mass is 10.2. The van der Waals surface area contributed by atoms with Gasteiger partial charge in [-0.05, 0) is 31.5 Å². The van der Waals surface area contributed by atoms with E-state index in [1.165, 1.54) is 12.1 Å². The van der Waals surface area contributed by atoms with E-state index in [0.717, 1.165) is 0 Å². The molecule has 0 aromatic heterocycles. The molecule has 0 aliphatic rings. The summed E-state index contributed by atoms with van der Waals surface area (Å²) in [7, 11) is -0.840. The van der Waals surface area contributed by atoms with Gasteiger partial charge in [0.1, 0.15) is 5.75 Å². The second kappa shape index (κ2) is 6.39. The normalized spacial score (nSPS) is 14.0. The topological polar surface area (TPSA) is 66.4 Å². The first-order valence-corrected chi connectivity index (χ1v) is 7.11. The molecule has 4 nitrogen and oxygen atoms in total. The molecule has 94 valence electrons. The van der Waals surface area contributed by atoms with E-state index in [1.54, 1.807) is 18.4 Å². The van der Waals surface area contributed by atoms with Gasteiger partial charge >= 0.3 is 0 Å². The molecule has 0 bridgehead atoms. The van der Waals surface area contributed by atoms with Gasteiger partial charge in [0.15, 0.2) is 0 Å². The monoisotopic (exact) mass is 255 g/mol. The molecule has 17 heavy (non-hydrogen) atoms. The summed E-state index contributed by atoms with van der Waals surface area (Å²) in [5.41, 5.74) is 0.425. The van der Waals surface area contributed by atoms with Crippen molar-refractivity contribution in [3.8, 4) is 5.75 Å². The first-order chi connectivity index (χ1) is 7.99. The van der Waals surface area contributed by atoms with Crippen molar-refractivity contribution in [2.24, 2.45) is 0 Å². The number of carbonyl (C=O) groups is 1. The predicted octanol–water partition coefficient (Wildman–Crippen LogP) is 1.28. The van der Waals surface area contributed by atoms with Crippen LogP contribution in [0.1, 0.15) is 23.7 Å². The van der Waals surface area contributed by atoms with Gasteiger partial charge in [0.25, 0.3) is 5.91 Å². The lowest BCUT2D eigenvalue weighted by Crippen LogP contribution is -2.33. The Balaban J connectivity index is 2.51. The van der Waals surface area contributed by atoms with Crippen molar-refractivity contribution in [1.82, 2.24) is 5.32 Å². The Morgan fingerprint density at radius 2 is 2.24 bits per heavy atom. The number of phenolic OH excluding ortho intramolecular Hbond substituents is 1. The number of aromatic hydroxyl groups is 1. The zero-order valence-electron chi connectivity index (χ0n) is 9.97. The standard InChI is InChI=1S/C12H17NO3S/c1-9(6-7-17(2)16)13-12(15)10-4-3-5-11(14)8-10/h3-5,8-9,14H,6-7H2,1-2H3,(H,13,15). The molecule has 0 spiro atoms. The second-order valence-corrected chi connectivity index (χ2v) is 5.55. The number of phenols is 1. The number of amides is 1. The van der Waals surface area contributed by atoms with Gasteiger partial charge < -0.3 is 10.4 Å². The zero-order valence-corrected chi connectivity index (χ0v) is 10.8. The average molecular weight is 255 g/mol. The fraction of sp³-hybridized carbons (Fsp3) is 0.417. The van der Waals surface area contributed by atoms with Gasteiger partial charge in [-0.15, -0.1) is 0 Å². The summed E-state index contributed by atoms with van der Waals surface area (Å²) in [5.74, 6) is 0.414. The Hall–Kier alpha value is -1.36. The van der Waals surface area contributed by atoms with Gasteiger partial charge in [0.2, 0.25) is 0 Å². The van der Waals surface area contributed by atoms with Gasteiger partial charge in [-0.2, -0.15) is 0 Å². The molecule has 0 aliphatic heterocycles. The molecule has 2 unspecified atom stereocenters. The minimum Gasteiger partial charge on any atom is -0.508 e. The molecule has 1 aromatic carbocycles. The van der Waals surface area contributed by atoms with E-state index in [4.69, 9.17) is 0 Å². The predicted molar refractivity (Wildman–Crippen MR) is 68.6 cm³/mol. The van der Waals surface area contributed by atoms with Crippen molar-refractivity contribution in [3.05, 3.63) is 29.8 Å². The summed E-state index contributed by atoms with van der Waals surface area (Å²) >= 11 is 0. The summed E-state index contributed by atoms with van der Waals surface area (Å²) in [6, 6.07) is 6.16. The summed E-state index contributed by atoms with van der Waals surface area (Å²) < 4.78 is 10.9. The molecule has 2 atom stereocenters. The molecule has 0 saturated heterocycles. The van der Waals surface area contributed by atoms with Crippen LogP contribution in [-0.2, 0) is 10.8 Å². The van der Waals surface area contributed by atoms with E-state index in [0.29, 0.717) is 17.7 Å². The molecule has 1 rings (SSSR count). The van der Waals surface area contributed by atoms with Crippen LogP contribution in [0.4, 0.5) is 0 Å². The summed E-state index contributed by atoms with van der Waals surface area (Å²) in [6.07, 6.45) is 2.32. The smallest absolute Gasteiger partial charge is 0.251 e. The highest BCUT2D eigenvalue weighted by Gasteiger charge is 2.10. The van der Waals surface area contributed by atoms with Gasteiger partial charge in [-0.1, -0.05) is 6.07 Å². The van der Waals surface area contributed by atoms with E-state index in [-0.39, 0.29) is 17.7 Å². The number of rotatable bonds is 5. The number of carbonyl (C=O) groups excluding carboxylic acids is 1. The van der Waals surface area contributed by atoms with Crippen LogP contribution in [0.2, 0.25) is 0 Å². The first-order valence-electron chi connectivity index (χ1n) is 5.39. The zero-order chi connectivity index (χ0) is 12.8. The number of nitrogens with one attached hydrogen (secondary N) is 1. The second-order valence-electron chi connectivity index (χ2n) is 3.99. The van der Waals surface area contributed by atoms with Crippen LogP contribution in [-0.4, -0.2) is 33.3 Å². The van der Waals surface area contributed by atoms with Gasteiger partial charge in [0, 0.05) is 34.4 Å². The molecule has 0 aliphatic carbocycles. The van der Waals surface area contributed by atoms with Crippen LogP contribution < -0.4 is 5.32 Å². The van der Waals surface area contributed by atoms with Gasteiger partial charge in [-0.25, -0.2) is 0 Å². The first kappa shape index (κ1) is 13.7. The maximum atomic E-state index is 11.8. The largest absolute Gasteiger partial charge is 0.508 e. The number of benzene rings is 1. The SMILES string of the molecule is CC(CCS(C)=O)NC(=O)c1cccc(O)c1. The maximum absolute atomic E-state index is 11.8. The maximum Gasteiger partial charge on any atom is 0.251 e. The summed E-state index contributed by atoms with van der Waals surface area (Å²) in [5, 5.41) is 12.0. The van der Waals surface area contributed by atoms with Crippen molar-refractivity contribution in [3.63, 3.8) is 0 Å². The molecular formula is C12H17NO3S. The Labute approximate surface area is 104 Å². The number of hydrogen-bond acceptors (Lipinski definition) is 3. The fourth-order valence-corrected chi connectivity index (χ4v) is 2.05. The highest BCUT2D eigenvalue weighted by molar-refractivity contribution is 7.84. The molecule has 1 amide bonds. The Bertz CT molecular complexity index is 420. The van der Waals surface area contributed by atoms with Crippen LogP contribution in [0, 0.1) is 0 Å². The lowest BCUT2D eigenvalue weighted by molar-refractivity contribution is 0.0939.